The SMILES string of the molecule is COCCOCCOC(=O)NCC(=O)N[C@@H](C)C(=O)Nc1ccc(COC(=O)N2c3cc(OCCCCCOc4cc5c(cc4OC)C(=O)N4C=C(C)CC4C(O)N5C(=O)OCc4ccc(NC(=O)CNC(=O)C(NC(=O)OCCOCCOCCNSNCC5CC/C(N)=C(/NN)CCC5C)C(C)C)cc4)c(OC)cc3C(=O)N3C=C(C)CC3C2O)cc1. The zero-order valence-corrected chi connectivity index (χ0v) is 72.2. The summed E-state index contributed by atoms with van der Waals surface area (Å²) >= 11 is 1.44. The first-order chi connectivity index (χ1) is 59.7. The molecule has 0 saturated carbocycles. The zero-order chi connectivity index (χ0) is 89.4. The van der Waals surface area contributed by atoms with Gasteiger partial charge in [0.1, 0.15) is 45.1 Å². The molecule has 4 aliphatic heterocycles. The minimum Gasteiger partial charge on any atom is -0.493 e. The molecule has 124 heavy (non-hydrogen) atoms. The van der Waals surface area contributed by atoms with E-state index in [-0.39, 0.29) is 124 Å². The molecule has 0 radical (unpaired) electrons. The highest BCUT2D eigenvalue weighted by atomic mass is 32.2. The average molecular weight is 1750 g/mol. The van der Waals surface area contributed by atoms with Crippen molar-refractivity contribution in [1.82, 2.24) is 45.9 Å². The van der Waals surface area contributed by atoms with E-state index < -0.39 is 110 Å². The van der Waals surface area contributed by atoms with Crippen LogP contribution in [-0.4, -0.2) is 237 Å². The van der Waals surface area contributed by atoms with Crippen LogP contribution in [0.4, 0.5) is 41.9 Å². The molecule has 0 spiro atoms. The lowest BCUT2D eigenvalue weighted by atomic mass is 9.83. The summed E-state index contributed by atoms with van der Waals surface area (Å²) < 4.78 is 73.8. The Morgan fingerprint density at radius 3 is 1.59 bits per heavy atom. The van der Waals surface area contributed by atoms with E-state index in [4.69, 9.17) is 68.4 Å². The van der Waals surface area contributed by atoms with E-state index in [1.54, 1.807) is 88.6 Å². The van der Waals surface area contributed by atoms with Crippen molar-refractivity contribution in [2.75, 3.05) is 141 Å². The van der Waals surface area contributed by atoms with Crippen LogP contribution in [0.15, 0.2) is 108 Å². The molecule has 9 rings (SSSR count). The number of rotatable bonds is 45. The van der Waals surface area contributed by atoms with E-state index in [1.807, 2.05) is 0 Å². The van der Waals surface area contributed by atoms with Gasteiger partial charge in [-0.15, -0.1) is 0 Å². The molecule has 4 aromatic rings. The summed E-state index contributed by atoms with van der Waals surface area (Å²) in [5.74, 6) is 3.49. The molecule has 5 aliphatic rings. The van der Waals surface area contributed by atoms with Gasteiger partial charge in [-0.1, -0.05) is 56.2 Å². The Morgan fingerprint density at radius 1 is 0.556 bits per heavy atom. The molecular weight excluding hydrogens is 1640 g/mol. The Morgan fingerprint density at radius 2 is 1.06 bits per heavy atom. The van der Waals surface area contributed by atoms with E-state index in [9.17, 15) is 58.2 Å². The first-order valence-corrected chi connectivity index (χ1v) is 42.0. The number of benzene rings is 4. The van der Waals surface area contributed by atoms with E-state index in [0.717, 1.165) is 64.6 Å². The van der Waals surface area contributed by atoms with Crippen LogP contribution < -0.4 is 87.1 Å². The Labute approximate surface area is 724 Å². The van der Waals surface area contributed by atoms with Gasteiger partial charge in [-0.3, -0.25) is 39.3 Å². The van der Waals surface area contributed by atoms with Crippen molar-refractivity contribution in [2.45, 2.75) is 149 Å². The van der Waals surface area contributed by atoms with Crippen LogP contribution >= 0.6 is 12.1 Å². The molecule has 4 aromatic carbocycles. The Hall–Kier alpha value is -11.2. The van der Waals surface area contributed by atoms with Crippen molar-refractivity contribution in [3.63, 3.8) is 0 Å². The molecule has 678 valence electrons. The third kappa shape index (κ3) is 27.9. The predicted octanol–water partition coefficient (Wildman–Crippen LogP) is 6.39. The highest BCUT2D eigenvalue weighted by molar-refractivity contribution is 7.95. The predicted molar refractivity (Wildman–Crippen MR) is 456 cm³/mol. The van der Waals surface area contributed by atoms with Crippen LogP contribution in [0.2, 0.25) is 0 Å². The molecule has 0 bridgehead atoms. The topological polar surface area (TPSA) is 495 Å². The Bertz CT molecular complexity index is 4410. The van der Waals surface area contributed by atoms with Crippen LogP contribution in [0.1, 0.15) is 131 Å². The van der Waals surface area contributed by atoms with Crippen LogP contribution in [0.3, 0.4) is 0 Å². The van der Waals surface area contributed by atoms with E-state index in [2.05, 4.69) is 53.7 Å². The highest BCUT2D eigenvalue weighted by Crippen LogP contribution is 2.45. The fourth-order valence-corrected chi connectivity index (χ4v) is 14.7. The number of fused-ring (bicyclic) bond motifs is 4. The van der Waals surface area contributed by atoms with Crippen LogP contribution in [-0.2, 0) is 70.3 Å². The van der Waals surface area contributed by atoms with Crippen LogP contribution in [0.5, 0.6) is 23.0 Å². The number of anilines is 4. The van der Waals surface area contributed by atoms with Gasteiger partial charge in [0.2, 0.25) is 23.6 Å². The molecule has 0 fully saturated rings. The van der Waals surface area contributed by atoms with Gasteiger partial charge in [-0.05, 0) is 144 Å². The third-order valence-electron chi connectivity index (χ3n) is 21.0. The van der Waals surface area contributed by atoms with Gasteiger partial charge < -0.3 is 120 Å². The Kier molecular flexibility index (Phi) is 38.0. The largest absolute Gasteiger partial charge is 0.493 e. The number of nitrogens with zero attached hydrogens (tertiary/aromatic N) is 4. The fraction of sp³-hybridized carbons (Fsp3) is 0.524. The summed E-state index contributed by atoms with van der Waals surface area (Å²) in [6.07, 6.45) is 1.97. The lowest BCUT2D eigenvalue weighted by Crippen LogP contribution is -2.51. The van der Waals surface area contributed by atoms with Gasteiger partial charge in [-0.25, -0.2) is 33.7 Å². The number of hydrogen-bond donors (Lipinski definition) is 13. The number of methoxy groups -OCH3 is 3. The van der Waals surface area contributed by atoms with Gasteiger partial charge in [0.15, 0.2) is 35.5 Å². The number of carbonyl (C=O) groups is 10. The molecule has 39 nitrogen and oxygen atoms in total. The van der Waals surface area contributed by atoms with Crippen molar-refractivity contribution in [2.24, 2.45) is 29.3 Å². The minimum absolute atomic E-state index is 0.00438. The van der Waals surface area contributed by atoms with Crippen molar-refractivity contribution < 1.29 is 115 Å². The van der Waals surface area contributed by atoms with Gasteiger partial charge in [0.25, 0.3) is 11.8 Å². The first-order valence-electron chi connectivity index (χ1n) is 41.2. The smallest absolute Gasteiger partial charge is 0.416 e. The maximum atomic E-state index is 14.4. The lowest BCUT2D eigenvalue weighted by molar-refractivity contribution is -0.126. The summed E-state index contributed by atoms with van der Waals surface area (Å²) in [6.45, 7) is 12.9. The fourth-order valence-electron chi connectivity index (χ4n) is 14.1. The van der Waals surface area contributed by atoms with E-state index >= 15 is 0 Å². The molecule has 10 amide bonds. The number of alkyl carbamates (subject to hydrolysis) is 2. The molecule has 15 N–H and O–H groups in total. The minimum atomic E-state index is -1.59. The number of carbonyl (C=O) groups excluding carboxylic acids is 10. The molecule has 40 heteroatoms. The number of nitrogens with one attached hydrogen (secondary N) is 9. The molecule has 1 aliphatic carbocycles. The van der Waals surface area contributed by atoms with Gasteiger partial charge >= 0.3 is 24.4 Å². The number of hydrogen-bond acceptors (Lipinski definition) is 30. The second kappa shape index (κ2) is 48.7. The molecular formula is C84H117N15O24S. The summed E-state index contributed by atoms with van der Waals surface area (Å²) in [6, 6.07) is 14.6. The molecule has 8 atom stereocenters. The number of ether oxygens (including phenoxy) is 12. The van der Waals surface area contributed by atoms with Gasteiger partial charge in [0, 0.05) is 79.6 Å². The molecule has 0 aromatic heterocycles. The highest BCUT2D eigenvalue weighted by Gasteiger charge is 2.47. The standard InChI is InChI=1S/C84H117N15O24S/c1-50(2)74(94-82(109)121-36-34-117-32-31-115-28-25-89-124-90-43-57-18-23-62(85)63(95-86)24-13-53(57)5)76(103)87-44-73(101)92-58-19-14-55(15-20-58)48-122-83(110)98-64-41-70(68(113-8)39-60(64)77(104)96-46-51(3)37-66(96)79(98)106)118-26-11-10-12-27-119-71-42-65-61(40-69(71)114-9)78(105)97-47-52(4)38-67(97)80(107)99(65)84(111)123-49-56-16-21-59(22-17-56)93-75(102)54(6)91-72(100)45-88-81(108)120-35-33-116-30-29-112-7/h14-17,19-22,39-42,46-47,50,53-54,57,66-67,74,79-80,89-90,95,106-107H,10-13,18,23-38,43-45,48-49,85-86H2,1-9H3,(H,87,103)(H,88,108)(H,91,100)(H,92,101)(H,93,102)(H,94,109)/b63-62-/t53?,54-,57?,66?,67?,74?,79?,80?/m0/s1. The molecule has 4 heterocycles. The number of unbranched alkanes of at least 4 members (excludes halogenated alkanes) is 2. The monoisotopic (exact) mass is 1750 g/mol. The van der Waals surface area contributed by atoms with Crippen molar-refractivity contribution in [3.05, 3.63) is 130 Å². The van der Waals surface area contributed by atoms with Gasteiger partial charge in [-0.2, -0.15) is 0 Å². The zero-order valence-electron chi connectivity index (χ0n) is 71.4. The maximum absolute atomic E-state index is 14.4. The second-order valence-corrected chi connectivity index (χ2v) is 31.2. The third-order valence-corrected chi connectivity index (χ3v) is 21.6. The molecule has 0 saturated heterocycles. The second-order valence-electron chi connectivity index (χ2n) is 30.5. The normalized spacial score (nSPS) is 18.9. The van der Waals surface area contributed by atoms with Crippen molar-refractivity contribution >= 4 is 94.7 Å². The summed E-state index contributed by atoms with van der Waals surface area (Å²) in [5, 5.41) is 39.4. The lowest BCUT2D eigenvalue weighted by Gasteiger charge is -2.31. The Balaban J connectivity index is 0.710. The maximum Gasteiger partial charge on any atom is 0.416 e. The van der Waals surface area contributed by atoms with Crippen molar-refractivity contribution in [3.8, 4) is 23.0 Å². The van der Waals surface area contributed by atoms with E-state index in [1.165, 1.54) is 74.5 Å². The number of allylic oxidation sites excluding steroid dienone is 2. The quantitative estimate of drug-likeness (QED) is 0.00749. The molecule has 7 unspecified atom stereocenters. The van der Waals surface area contributed by atoms with Gasteiger partial charge in [0.05, 0.1) is 115 Å². The number of aliphatic hydroxyl groups excluding tert-OH is 2. The summed E-state index contributed by atoms with van der Waals surface area (Å²) in [5.41, 5.74) is 14.0. The first kappa shape index (κ1) is 96.6. The summed E-state index contributed by atoms with van der Waals surface area (Å²) in [7, 11) is 4.32. The number of aliphatic hydroxyl groups is 2. The van der Waals surface area contributed by atoms with E-state index in [0.29, 0.717) is 86.6 Å². The number of amides is 10. The van der Waals surface area contributed by atoms with Crippen LogP contribution in [0, 0.1) is 17.8 Å². The van der Waals surface area contributed by atoms with Crippen LogP contribution in [0.25, 0.3) is 0 Å². The number of hydrazine groups is 1. The number of nitrogens with two attached hydrogens (primary N) is 2. The van der Waals surface area contributed by atoms with Crippen molar-refractivity contribution in [1.29, 1.82) is 0 Å². The summed E-state index contributed by atoms with van der Waals surface area (Å²) in [4.78, 5) is 139. The average Bonchev–Trinajstić information content (AvgIpc) is 1.60.